The zero-order valence-corrected chi connectivity index (χ0v) is 18.8. The van der Waals surface area contributed by atoms with Crippen molar-refractivity contribution in [3.8, 4) is 0 Å². The fraction of sp³-hybridized carbons (Fsp3) is 0.409. The van der Waals surface area contributed by atoms with Crippen molar-refractivity contribution in [1.29, 1.82) is 0 Å². The Morgan fingerprint density at radius 1 is 1.21 bits per heavy atom. The molecule has 7 heteroatoms. The van der Waals surface area contributed by atoms with Gasteiger partial charge in [-0.1, -0.05) is 6.07 Å². The van der Waals surface area contributed by atoms with Gasteiger partial charge in [0.1, 0.15) is 30.3 Å². The van der Waals surface area contributed by atoms with Crippen LogP contribution in [0.3, 0.4) is 0 Å². The number of carbonyl (C=O) groups excluding carboxylic acids is 1. The average Bonchev–Trinajstić information content (AvgIpc) is 3.41. The third kappa shape index (κ3) is 4.19. The van der Waals surface area contributed by atoms with Gasteiger partial charge in [-0.3, -0.25) is 4.79 Å². The smallest absolute Gasteiger partial charge is 0.291 e. The lowest BCUT2D eigenvalue weighted by Gasteiger charge is -2.37. The van der Waals surface area contributed by atoms with E-state index in [1.807, 2.05) is 0 Å². The van der Waals surface area contributed by atoms with E-state index in [0.29, 0.717) is 5.76 Å². The summed E-state index contributed by atoms with van der Waals surface area (Å²) in [5.74, 6) is 0.120. The van der Waals surface area contributed by atoms with E-state index >= 15 is 0 Å². The van der Waals surface area contributed by atoms with Crippen molar-refractivity contribution in [2.75, 3.05) is 18.4 Å². The number of thiophene rings is 2. The van der Waals surface area contributed by atoms with Gasteiger partial charge in [-0.15, -0.1) is 22.7 Å². The lowest BCUT2D eigenvalue weighted by Crippen LogP contribution is -3.15. The predicted octanol–water partition coefficient (Wildman–Crippen LogP) is 4.05. The minimum atomic E-state index is -0.207. The molecule has 1 fully saturated rings. The summed E-state index contributed by atoms with van der Waals surface area (Å²) in [5, 5.41) is 6.17. The maximum atomic E-state index is 12.7. The highest BCUT2D eigenvalue weighted by molar-refractivity contribution is 7.16. The van der Waals surface area contributed by atoms with Crippen molar-refractivity contribution < 1.29 is 18.8 Å². The molecule has 0 aliphatic carbocycles. The molecule has 0 spiro atoms. The topological polar surface area (TPSA) is 55.9 Å². The zero-order chi connectivity index (χ0) is 20.5. The Kier molecular flexibility index (Phi) is 5.92. The van der Waals surface area contributed by atoms with Gasteiger partial charge in [-0.25, -0.2) is 0 Å². The zero-order valence-electron chi connectivity index (χ0n) is 17.2. The molecule has 3 aromatic rings. The number of ether oxygens (including phenoxy) is 1. The Morgan fingerprint density at radius 2 is 1.97 bits per heavy atom. The normalized spacial score (nSPS) is 23.1. The van der Waals surface area contributed by atoms with Crippen LogP contribution in [0.15, 0.2) is 40.3 Å². The van der Waals surface area contributed by atoms with Crippen molar-refractivity contribution in [3.05, 3.63) is 62.6 Å². The first kappa shape index (κ1) is 20.3. The molecule has 29 heavy (non-hydrogen) atoms. The Labute approximate surface area is 179 Å². The number of nitrogens with one attached hydrogen (secondary N) is 2. The Balaban J connectivity index is 1.75. The lowest BCUT2D eigenvalue weighted by molar-refractivity contribution is -0.939. The maximum absolute atomic E-state index is 12.7. The van der Waals surface area contributed by atoms with Crippen LogP contribution in [0.25, 0.3) is 0 Å². The molecule has 1 aliphatic heterocycles. The van der Waals surface area contributed by atoms with Gasteiger partial charge in [0.2, 0.25) is 0 Å². The molecule has 154 valence electrons. The number of rotatable bonds is 5. The summed E-state index contributed by atoms with van der Waals surface area (Å²) in [6.45, 7) is 10.5. The van der Waals surface area contributed by atoms with Gasteiger partial charge in [0.15, 0.2) is 11.8 Å². The Morgan fingerprint density at radius 3 is 2.59 bits per heavy atom. The fourth-order valence-corrected chi connectivity index (χ4v) is 6.20. The fourth-order valence-electron chi connectivity index (χ4n) is 4.21. The number of amides is 1. The number of aryl methyl sites for hydroxylation is 1. The van der Waals surface area contributed by atoms with Crippen molar-refractivity contribution in [3.63, 3.8) is 0 Å². The Bertz CT molecular complexity index is 953. The summed E-state index contributed by atoms with van der Waals surface area (Å²) in [5.41, 5.74) is 2.47. The van der Waals surface area contributed by atoms with Gasteiger partial charge in [-0.05, 0) is 56.8 Å². The second-order valence-electron chi connectivity index (χ2n) is 7.73. The van der Waals surface area contributed by atoms with E-state index in [1.54, 1.807) is 34.8 Å². The molecule has 1 unspecified atom stereocenters. The summed E-state index contributed by atoms with van der Waals surface area (Å²) in [7, 11) is 0. The van der Waals surface area contributed by atoms with Crippen LogP contribution in [-0.2, 0) is 4.74 Å². The first-order valence-electron chi connectivity index (χ1n) is 9.92. The third-order valence-electron chi connectivity index (χ3n) is 5.49. The molecule has 0 radical (unpaired) electrons. The van der Waals surface area contributed by atoms with Crippen molar-refractivity contribution in [2.45, 2.75) is 45.9 Å². The van der Waals surface area contributed by atoms with Crippen LogP contribution in [0.1, 0.15) is 51.3 Å². The van der Waals surface area contributed by atoms with E-state index in [0.717, 1.165) is 18.1 Å². The van der Waals surface area contributed by atoms with Crippen LogP contribution < -0.4 is 10.2 Å². The summed E-state index contributed by atoms with van der Waals surface area (Å²) in [4.78, 5) is 16.7. The quantitative estimate of drug-likeness (QED) is 0.641. The number of morpholine rings is 1. The SMILES string of the molecule is Cc1sc(NC(=O)c2ccco2)c([C@H](c2cccs2)[NH+]2C[C@@H](C)O[C@@H](C)C2)c1C. The van der Waals surface area contributed by atoms with Gasteiger partial charge in [0, 0.05) is 4.88 Å². The van der Waals surface area contributed by atoms with E-state index < -0.39 is 0 Å². The molecule has 5 nitrogen and oxygen atoms in total. The number of furan rings is 1. The molecule has 4 atom stereocenters. The number of hydrogen-bond acceptors (Lipinski definition) is 5. The molecule has 0 bridgehead atoms. The Hall–Kier alpha value is -1.93. The summed E-state index contributed by atoms with van der Waals surface area (Å²) >= 11 is 3.42. The maximum Gasteiger partial charge on any atom is 0.291 e. The minimum absolute atomic E-state index is 0.167. The van der Waals surface area contributed by atoms with Crippen LogP contribution >= 0.6 is 22.7 Å². The van der Waals surface area contributed by atoms with Gasteiger partial charge in [-0.2, -0.15) is 0 Å². The van der Waals surface area contributed by atoms with Gasteiger partial charge in [0.25, 0.3) is 5.91 Å². The molecule has 1 saturated heterocycles. The predicted molar refractivity (Wildman–Crippen MR) is 117 cm³/mol. The van der Waals surface area contributed by atoms with E-state index in [4.69, 9.17) is 9.15 Å². The van der Waals surface area contributed by atoms with Gasteiger partial charge >= 0.3 is 0 Å². The van der Waals surface area contributed by atoms with Gasteiger partial charge < -0.3 is 19.4 Å². The standard InChI is InChI=1S/C22H26N2O3S2/c1-13-11-24(12-14(2)27-13)20(18-8-6-10-28-18)19-15(3)16(4)29-22(19)23-21(25)17-7-5-9-26-17/h5-10,13-14,20H,11-12H2,1-4H3,(H,23,25)/p+1/t13-,14+,20-/m0/s1. The van der Waals surface area contributed by atoms with E-state index in [9.17, 15) is 4.79 Å². The highest BCUT2D eigenvalue weighted by atomic mass is 32.1. The summed E-state index contributed by atoms with van der Waals surface area (Å²) < 4.78 is 11.3. The molecule has 3 aromatic heterocycles. The molecule has 0 saturated carbocycles. The van der Waals surface area contributed by atoms with Crippen LogP contribution in [0.5, 0.6) is 0 Å². The van der Waals surface area contributed by atoms with E-state index in [1.165, 1.54) is 32.0 Å². The van der Waals surface area contributed by atoms with Crippen LogP contribution in [0.4, 0.5) is 5.00 Å². The average molecular weight is 432 g/mol. The highest BCUT2D eigenvalue weighted by Gasteiger charge is 2.37. The summed E-state index contributed by atoms with van der Waals surface area (Å²) in [6.07, 6.45) is 1.94. The van der Waals surface area contributed by atoms with Crippen LogP contribution in [-0.4, -0.2) is 31.2 Å². The minimum Gasteiger partial charge on any atom is -0.459 e. The largest absolute Gasteiger partial charge is 0.459 e. The monoisotopic (exact) mass is 431 g/mol. The third-order valence-corrected chi connectivity index (χ3v) is 7.57. The molecule has 1 aliphatic rings. The molecule has 2 N–H and O–H groups in total. The second kappa shape index (κ2) is 8.44. The molecule has 1 amide bonds. The number of carbonyl (C=O) groups is 1. The van der Waals surface area contributed by atoms with Gasteiger partial charge in [0.05, 0.1) is 16.7 Å². The molecular formula is C22H27N2O3S2+. The van der Waals surface area contributed by atoms with Crippen molar-refractivity contribution in [1.82, 2.24) is 0 Å². The second-order valence-corrected chi connectivity index (χ2v) is 9.93. The lowest BCUT2D eigenvalue weighted by atomic mass is 9.99. The van der Waals surface area contributed by atoms with Crippen LogP contribution in [0.2, 0.25) is 0 Å². The number of anilines is 1. The van der Waals surface area contributed by atoms with E-state index in [-0.39, 0.29) is 24.2 Å². The van der Waals surface area contributed by atoms with Crippen molar-refractivity contribution in [2.24, 2.45) is 0 Å². The summed E-state index contributed by atoms with van der Waals surface area (Å²) in [6, 6.07) is 7.90. The molecule has 4 heterocycles. The first-order chi connectivity index (χ1) is 13.9. The first-order valence-corrected chi connectivity index (χ1v) is 11.6. The van der Waals surface area contributed by atoms with Crippen LogP contribution in [0, 0.1) is 13.8 Å². The molecule has 0 aromatic carbocycles. The molecular weight excluding hydrogens is 404 g/mol. The number of quaternary nitrogens is 1. The molecule has 4 rings (SSSR count). The number of hydrogen-bond donors (Lipinski definition) is 2. The van der Waals surface area contributed by atoms with E-state index in [2.05, 4.69) is 50.5 Å². The highest BCUT2D eigenvalue weighted by Crippen LogP contribution is 2.39. The van der Waals surface area contributed by atoms with Crippen molar-refractivity contribution >= 4 is 33.6 Å².